The van der Waals surface area contributed by atoms with Crippen molar-refractivity contribution in [3.05, 3.63) is 0 Å². The summed E-state index contributed by atoms with van der Waals surface area (Å²) >= 11 is 0. The molecule has 38 heavy (non-hydrogen) atoms. The third kappa shape index (κ3) is 3.35. The van der Waals surface area contributed by atoms with E-state index in [0.717, 1.165) is 44.9 Å². The van der Waals surface area contributed by atoms with E-state index < -0.39 is 0 Å². The molecular weight excluding hydrogens is 488 g/mol. The molecule has 0 aromatic heterocycles. The molecule has 8 heterocycles. The Morgan fingerprint density at radius 3 is 1.76 bits per heavy atom. The van der Waals surface area contributed by atoms with Crippen LogP contribution in [0.4, 0.5) is 0 Å². The number of hydrogen-bond acceptors (Lipinski definition) is 8. The van der Waals surface area contributed by atoms with Gasteiger partial charge in [0.15, 0.2) is 0 Å². The Hall–Kier alpha value is -1.22. The first-order valence-electron chi connectivity index (χ1n) is 15.3. The molecule has 8 aliphatic heterocycles. The minimum absolute atomic E-state index is 0.0201. The van der Waals surface area contributed by atoms with E-state index in [4.69, 9.17) is 28.4 Å². The second kappa shape index (κ2) is 9.15. The Kier molecular flexibility index (Phi) is 6.19. The lowest BCUT2D eigenvalue weighted by molar-refractivity contribution is -0.150. The zero-order valence-corrected chi connectivity index (χ0v) is 23.3. The van der Waals surface area contributed by atoms with Crippen LogP contribution < -0.4 is 0 Å². The highest BCUT2D eigenvalue weighted by Gasteiger charge is 2.71. The minimum Gasteiger partial charge on any atom is -0.465 e. The Labute approximate surface area is 225 Å². The predicted octanol–water partition coefficient (Wildman–Crippen LogP) is 3.82. The van der Waals surface area contributed by atoms with Crippen molar-refractivity contribution in [1.29, 1.82) is 0 Å². The van der Waals surface area contributed by atoms with Crippen molar-refractivity contribution in [1.82, 2.24) is 0 Å². The summed E-state index contributed by atoms with van der Waals surface area (Å²) in [6, 6.07) is 0. The fourth-order valence-corrected chi connectivity index (χ4v) is 10.1. The number of ether oxygens (including phenoxy) is 6. The van der Waals surface area contributed by atoms with Gasteiger partial charge in [0.1, 0.15) is 12.0 Å². The summed E-state index contributed by atoms with van der Waals surface area (Å²) in [5, 5.41) is 0. The molecule has 0 saturated carbocycles. The fraction of sp³-hybridized carbons (Fsp3) is 0.933. The van der Waals surface area contributed by atoms with Gasteiger partial charge in [0.25, 0.3) is 0 Å². The van der Waals surface area contributed by atoms with Crippen molar-refractivity contribution in [3.63, 3.8) is 0 Å². The van der Waals surface area contributed by atoms with Crippen molar-refractivity contribution < 1.29 is 38.0 Å². The average Bonchev–Trinajstić information content (AvgIpc) is 3.76. The molecule has 2 spiro atoms. The second-order valence-corrected chi connectivity index (χ2v) is 13.2. The van der Waals surface area contributed by atoms with E-state index in [1.54, 1.807) is 0 Å². The number of esters is 2. The monoisotopic (exact) mass is 532 g/mol. The van der Waals surface area contributed by atoms with Crippen LogP contribution in [-0.4, -0.2) is 74.0 Å². The molecule has 8 saturated heterocycles. The standard InChI is InChI=1S/2C15H22O4/c1-3-8-12-10-5-15(6-11(16)17-7-15)14(19-10)13(12)9(4-2)18-8;1-3-8-11-10-7-15(5-6-17-14(15)16)13(19-10)12(11)9(4-2)18-8/h8-10,12-14H,3-7H2,1-2H3;8-13H,3-7H2,1-2H3. The van der Waals surface area contributed by atoms with E-state index in [2.05, 4.69) is 27.7 Å². The van der Waals surface area contributed by atoms with Gasteiger partial charge >= 0.3 is 11.9 Å². The largest absolute Gasteiger partial charge is 0.465 e. The predicted molar refractivity (Wildman–Crippen MR) is 135 cm³/mol. The molecule has 8 aliphatic rings. The smallest absolute Gasteiger partial charge is 0.314 e. The molecular formula is C30H44O8. The van der Waals surface area contributed by atoms with Gasteiger partial charge in [-0.2, -0.15) is 0 Å². The lowest BCUT2D eigenvalue weighted by Crippen LogP contribution is -2.47. The third-order valence-electron chi connectivity index (χ3n) is 11.6. The molecule has 212 valence electrons. The van der Waals surface area contributed by atoms with Gasteiger partial charge in [0.2, 0.25) is 0 Å². The first-order valence-corrected chi connectivity index (χ1v) is 15.3. The van der Waals surface area contributed by atoms with Crippen LogP contribution in [0.15, 0.2) is 0 Å². The quantitative estimate of drug-likeness (QED) is 0.505. The number of rotatable bonds is 4. The van der Waals surface area contributed by atoms with Crippen molar-refractivity contribution in [2.24, 2.45) is 34.5 Å². The highest BCUT2D eigenvalue weighted by Crippen LogP contribution is 2.63. The van der Waals surface area contributed by atoms with Crippen LogP contribution in [0.1, 0.15) is 79.1 Å². The molecule has 0 N–H and O–H groups in total. The summed E-state index contributed by atoms with van der Waals surface area (Å²) in [6.07, 6.45) is 9.32. The van der Waals surface area contributed by atoms with E-state index >= 15 is 0 Å². The van der Waals surface area contributed by atoms with Crippen LogP contribution in [-0.2, 0) is 38.0 Å². The van der Waals surface area contributed by atoms with E-state index in [1.807, 2.05) is 0 Å². The molecule has 8 rings (SSSR count). The number of carbonyl (C=O) groups excluding carboxylic acids is 2. The van der Waals surface area contributed by atoms with Crippen LogP contribution >= 0.6 is 0 Å². The first-order chi connectivity index (χ1) is 18.4. The van der Waals surface area contributed by atoms with Crippen molar-refractivity contribution in [2.75, 3.05) is 13.2 Å². The highest BCUT2D eigenvalue weighted by atomic mass is 16.6. The zero-order chi connectivity index (χ0) is 26.4. The van der Waals surface area contributed by atoms with Gasteiger partial charge in [-0.3, -0.25) is 9.59 Å². The Morgan fingerprint density at radius 1 is 0.684 bits per heavy atom. The van der Waals surface area contributed by atoms with Gasteiger partial charge in [-0.25, -0.2) is 0 Å². The topological polar surface area (TPSA) is 89.5 Å². The SMILES string of the molecule is CCC1OC(CC)C2C1C1CC3(CCOC3=O)C2O1.CCC1OC(CC)C2C1C1CC3(COC(=O)C3)C2O1. The van der Waals surface area contributed by atoms with E-state index in [9.17, 15) is 9.59 Å². The maximum atomic E-state index is 12.2. The maximum Gasteiger partial charge on any atom is 0.314 e. The summed E-state index contributed by atoms with van der Waals surface area (Å²) in [5.74, 6) is 1.85. The summed E-state index contributed by atoms with van der Waals surface area (Å²) in [6.45, 7) is 9.87. The normalized spacial score (nSPS) is 54.9. The second-order valence-electron chi connectivity index (χ2n) is 13.2. The number of carbonyl (C=O) groups is 2. The third-order valence-corrected chi connectivity index (χ3v) is 11.6. The zero-order valence-electron chi connectivity index (χ0n) is 23.3. The summed E-state index contributed by atoms with van der Waals surface area (Å²) in [4.78, 5) is 23.7. The van der Waals surface area contributed by atoms with Crippen molar-refractivity contribution in [2.45, 2.75) is 128 Å². The summed E-state index contributed by atoms with van der Waals surface area (Å²) in [5.41, 5.74) is -0.381. The molecule has 0 amide bonds. The highest BCUT2D eigenvalue weighted by molar-refractivity contribution is 5.80. The molecule has 0 aromatic rings. The van der Waals surface area contributed by atoms with Crippen LogP contribution in [0.3, 0.4) is 0 Å². The Bertz CT molecular complexity index is 970. The first kappa shape index (κ1) is 25.7. The van der Waals surface area contributed by atoms with Crippen molar-refractivity contribution >= 4 is 11.9 Å². The molecule has 8 nitrogen and oxygen atoms in total. The summed E-state index contributed by atoms with van der Waals surface area (Å²) < 4.78 is 35.5. The van der Waals surface area contributed by atoms with Crippen LogP contribution in [0.2, 0.25) is 0 Å². The van der Waals surface area contributed by atoms with Gasteiger partial charge in [0.05, 0.1) is 61.9 Å². The number of cyclic esters (lactones) is 2. The van der Waals surface area contributed by atoms with E-state index in [0.29, 0.717) is 61.6 Å². The van der Waals surface area contributed by atoms with Gasteiger partial charge in [0, 0.05) is 35.5 Å². The van der Waals surface area contributed by atoms with Gasteiger partial charge in [-0.05, 0) is 38.5 Å². The van der Waals surface area contributed by atoms with Gasteiger partial charge in [-0.1, -0.05) is 27.7 Å². The fourth-order valence-electron chi connectivity index (χ4n) is 10.1. The molecule has 8 heteroatoms. The lowest BCUT2D eigenvalue weighted by atomic mass is 9.62. The molecule has 0 aromatic carbocycles. The van der Waals surface area contributed by atoms with Crippen LogP contribution in [0.25, 0.3) is 0 Å². The summed E-state index contributed by atoms with van der Waals surface area (Å²) in [7, 11) is 0. The molecule has 8 fully saturated rings. The van der Waals surface area contributed by atoms with Gasteiger partial charge in [-0.15, -0.1) is 0 Å². The Balaban J connectivity index is 0.000000127. The molecule has 0 aliphatic carbocycles. The molecule has 0 radical (unpaired) electrons. The molecule has 14 atom stereocenters. The Morgan fingerprint density at radius 2 is 1.24 bits per heavy atom. The van der Waals surface area contributed by atoms with Crippen LogP contribution in [0, 0.1) is 34.5 Å². The molecule has 4 bridgehead atoms. The average molecular weight is 533 g/mol. The maximum absolute atomic E-state index is 12.2. The van der Waals surface area contributed by atoms with Crippen molar-refractivity contribution in [3.8, 4) is 0 Å². The number of fused-ring (bicyclic) bond motifs is 12. The van der Waals surface area contributed by atoms with E-state index in [-0.39, 0.29) is 53.3 Å². The van der Waals surface area contributed by atoms with Gasteiger partial charge < -0.3 is 28.4 Å². The van der Waals surface area contributed by atoms with E-state index in [1.165, 1.54) is 0 Å². The number of hydrogen-bond donors (Lipinski definition) is 0. The molecule has 14 unspecified atom stereocenters. The minimum atomic E-state index is -0.342. The van der Waals surface area contributed by atoms with Crippen LogP contribution in [0.5, 0.6) is 0 Å². The lowest BCUT2D eigenvalue weighted by Gasteiger charge is -2.36.